The second kappa shape index (κ2) is 9.01. The van der Waals surface area contributed by atoms with E-state index in [1.165, 1.54) is 0 Å². The zero-order valence-electron chi connectivity index (χ0n) is 26.4. The Morgan fingerprint density at radius 1 is 0.929 bits per heavy atom. The highest BCUT2D eigenvalue weighted by Crippen LogP contribution is 2.73. The minimum Gasteiger partial charge on any atom is -0.346 e. The predicted molar refractivity (Wildman–Crippen MR) is 163 cm³/mol. The van der Waals surface area contributed by atoms with Crippen molar-refractivity contribution in [1.29, 1.82) is 5.26 Å². The van der Waals surface area contributed by atoms with E-state index in [0.717, 1.165) is 50.5 Å². The molecule has 6 rings (SSSR count). The molecule has 222 valence electrons. The van der Waals surface area contributed by atoms with Crippen molar-refractivity contribution >= 4 is 17.5 Å². The van der Waals surface area contributed by atoms with Crippen LogP contribution in [0.2, 0.25) is 0 Å². The number of carbonyl (C=O) groups excluding carboxylic acids is 3. The Morgan fingerprint density at radius 2 is 1.60 bits per heavy atom. The van der Waals surface area contributed by atoms with Gasteiger partial charge in [0.15, 0.2) is 11.6 Å². The van der Waals surface area contributed by atoms with Crippen molar-refractivity contribution in [2.45, 2.75) is 99.0 Å². The second-order valence-electron chi connectivity index (χ2n) is 16.2. The van der Waals surface area contributed by atoms with Gasteiger partial charge in [-0.05, 0) is 91.2 Å². The Labute approximate surface area is 251 Å². The van der Waals surface area contributed by atoms with Gasteiger partial charge in [-0.3, -0.25) is 14.4 Å². The molecule has 0 bridgehead atoms. The summed E-state index contributed by atoms with van der Waals surface area (Å²) < 4.78 is 0. The Bertz CT molecular complexity index is 1480. The van der Waals surface area contributed by atoms with Gasteiger partial charge in [-0.15, -0.1) is 0 Å². The van der Waals surface area contributed by atoms with E-state index >= 15 is 0 Å². The standard InChI is InChI=1S/C37H46N2O3/c1-32(2)15-17-37(39-31(42)23-11-9-8-10-12-23)18-16-36(7)29(25(37)21-32)26(40)19-28-34(5)20-24(22-38)30(41)33(3,4)27(34)13-14-35(28,36)6/h8-12,19-20,25,27,29H,13-18,21H2,1-7H3,(H,39,42)/t25-,27-,29-,34-,35+,36+,37-/m0/s1. The number of nitrogens with one attached hydrogen (secondary N) is 1. The fourth-order valence-electron chi connectivity index (χ4n) is 10.7. The number of hydrogen-bond acceptors (Lipinski definition) is 4. The van der Waals surface area contributed by atoms with Crippen LogP contribution in [0.4, 0.5) is 0 Å². The number of allylic oxidation sites excluding steroid dienone is 4. The van der Waals surface area contributed by atoms with Crippen LogP contribution in [-0.4, -0.2) is 23.0 Å². The number of amides is 1. The Morgan fingerprint density at radius 3 is 2.26 bits per heavy atom. The van der Waals surface area contributed by atoms with E-state index in [1.807, 2.05) is 56.3 Å². The van der Waals surface area contributed by atoms with Crippen molar-refractivity contribution < 1.29 is 14.4 Å². The molecule has 0 unspecified atom stereocenters. The number of nitrogens with zero attached hydrogens (tertiary/aromatic N) is 1. The van der Waals surface area contributed by atoms with Gasteiger partial charge in [-0.1, -0.05) is 78.3 Å². The molecule has 0 heterocycles. The largest absolute Gasteiger partial charge is 0.346 e. The van der Waals surface area contributed by atoms with Gasteiger partial charge in [0.1, 0.15) is 6.07 Å². The molecule has 0 saturated heterocycles. The normalized spacial score (nSPS) is 41.5. The Hall–Kier alpha value is -3.00. The molecule has 1 aromatic carbocycles. The molecule has 1 N–H and O–H groups in total. The molecule has 5 nitrogen and oxygen atoms in total. The first kappa shape index (κ1) is 29.1. The first-order valence-corrected chi connectivity index (χ1v) is 15.9. The van der Waals surface area contributed by atoms with Gasteiger partial charge in [0.2, 0.25) is 0 Å². The molecule has 0 aromatic heterocycles. The van der Waals surface area contributed by atoms with Gasteiger partial charge in [0.05, 0.1) is 5.57 Å². The number of fused-ring (bicyclic) bond motifs is 7. The van der Waals surface area contributed by atoms with Gasteiger partial charge in [-0.25, -0.2) is 0 Å². The second-order valence-corrected chi connectivity index (χ2v) is 16.2. The van der Waals surface area contributed by atoms with Crippen LogP contribution >= 0.6 is 0 Å². The van der Waals surface area contributed by atoms with Gasteiger partial charge in [0.25, 0.3) is 5.91 Å². The highest BCUT2D eigenvalue weighted by atomic mass is 16.2. The van der Waals surface area contributed by atoms with Crippen LogP contribution in [0.1, 0.15) is 104 Å². The molecule has 3 saturated carbocycles. The summed E-state index contributed by atoms with van der Waals surface area (Å²) in [6.45, 7) is 15.4. The molecule has 5 aliphatic carbocycles. The average Bonchev–Trinajstić information content (AvgIpc) is 2.93. The molecule has 1 aromatic rings. The van der Waals surface area contributed by atoms with Crippen LogP contribution in [0.3, 0.4) is 0 Å². The lowest BCUT2D eigenvalue weighted by atomic mass is 9.35. The van der Waals surface area contributed by atoms with Crippen molar-refractivity contribution in [2.24, 2.45) is 44.8 Å². The summed E-state index contributed by atoms with van der Waals surface area (Å²) in [5, 5.41) is 13.5. The van der Waals surface area contributed by atoms with Crippen molar-refractivity contribution in [1.82, 2.24) is 5.32 Å². The highest BCUT2D eigenvalue weighted by Gasteiger charge is 2.70. The molecule has 0 radical (unpaired) electrons. The minimum absolute atomic E-state index is 0.0309. The highest BCUT2D eigenvalue weighted by molar-refractivity contribution is 6.04. The number of ketones is 2. The average molecular weight is 567 g/mol. The summed E-state index contributed by atoms with van der Waals surface area (Å²) in [7, 11) is 0. The Kier molecular flexibility index (Phi) is 6.24. The summed E-state index contributed by atoms with van der Waals surface area (Å²) in [5.74, 6) is -0.101. The number of carbonyl (C=O) groups is 3. The summed E-state index contributed by atoms with van der Waals surface area (Å²) in [5.41, 5.74) is -0.115. The van der Waals surface area contributed by atoms with Gasteiger partial charge < -0.3 is 5.32 Å². The van der Waals surface area contributed by atoms with E-state index < -0.39 is 16.4 Å². The van der Waals surface area contributed by atoms with Gasteiger partial charge in [0, 0.05) is 27.9 Å². The molecule has 5 heteroatoms. The van der Waals surface area contributed by atoms with E-state index in [4.69, 9.17) is 0 Å². The summed E-state index contributed by atoms with van der Waals surface area (Å²) >= 11 is 0. The summed E-state index contributed by atoms with van der Waals surface area (Å²) in [6.07, 6.45) is 10.1. The predicted octanol–water partition coefficient (Wildman–Crippen LogP) is 7.39. The quantitative estimate of drug-likeness (QED) is 0.404. The third-order valence-electron chi connectivity index (χ3n) is 13.3. The molecule has 42 heavy (non-hydrogen) atoms. The molecule has 3 fully saturated rings. The topological polar surface area (TPSA) is 87.0 Å². The zero-order chi connectivity index (χ0) is 30.5. The first-order chi connectivity index (χ1) is 19.5. The van der Waals surface area contributed by atoms with Crippen LogP contribution in [0, 0.1) is 56.2 Å². The van der Waals surface area contributed by atoms with E-state index in [2.05, 4.69) is 46.0 Å². The fourth-order valence-corrected chi connectivity index (χ4v) is 10.7. The van der Waals surface area contributed by atoms with E-state index in [9.17, 15) is 19.6 Å². The van der Waals surface area contributed by atoms with Crippen LogP contribution in [0.15, 0.2) is 53.6 Å². The maximum atomic E-state index is 14.6. The molecule has 5 aliphatic rings. The summed E-state index contributed by atoms with van der Waals surface area (Å²) in [6, 6.07) is 11.6. The summed E-state index contributed by atoms with van der Waals surface area (Å²) in [4.78, 5) is 41.6. The first-order valence-electron chi connectivity index (χ1n) is 15.9. The minimum atomic E-state index is -0.672. The lowest BCUT2D eigenvalue weighted by Gasteiger charge is -2.69. The fraction of sp³-hybridized carbons (Fsp3) is 0.622. The number of benzene rings is 1. The van der Waals surface area contributed by atoms with Crippen LogP contribution in [-0.2, 0) is 9.59 Å². The zero-order valence-corrected chi connectivity index (χ0v) is 26.4. The third-order valence-corrected chi connectivity index (χ3v) is 13.3. The van der Waals surface area contributed by atoms with E-state index in [0.29, 0.717) is 5.56 Å². The van der Waals surface area contributed by atoms with Crippen LogP contribution in [0.5, 0.6) is 0 Å². The van der Waals surface area contributed by atoms with E-state index in [-0.39, 0.29) is 57.0 Å². The molecular formula is C37H46N2O3. The van der Waals surface area contributed by atoms with E-state index in [1.54, 1.807) is 0 Å². The molecule has 1 amide bonds. The number of Topliss-reactive ketones (excluding diaryl/α,β-unsaturated/α-hetero) is 1. The molecule has 7 atom stereocenters. The SMILES string of the molecule is CC1(C)CC[C@]2(NC(=O)c3ccccc3)CC[C@]3(C)[C@H](C(=O)C=C4[C@@]5(C)C=C(C#N)C(=O)C(C)(C)[C@@H]5CC[C@]43C)[C@@H]2C1. The van der Waals surface area contributed by atoms with Crippen molar-refractivity contribution in [3.05, 3.63) is 59.2 Å². The van der Waals surface area contributed by atoms with Crippen LogP contribution < -0.4 is 5.32 Å². The molecule has 0 aliphatic heterocycles. The van der Waals surface area contributed by atoms with Gasteiger partial charge in [-0.2, -0.15) is 5.26 Å². The number of nitriles is 1. The molecular weight excluding hydrogens is 520 g/mol. The van der Waals surface area contributed by atoms with Crippen molar-refractivity contribution in [3.63, 3.8) is 0 Å². The van der Waals surface area contributed by atoms with Crippen LogP contribution in [0.25, 0.3) is 0 Å². The lowest BCUT2D eigenvalue weighted by molar-refractivity contribution is -0.160. The van der Waals surface area contributed by atoms with Crippen molar-refractivity contribution in [3.8, 4) is 6.07 Å². The number of hydrogen-bond donors (Lipinski definition) is 1. The maximum absolute atomic E-state index is 14.6. The van der Waals surface area contributed by atoms with Crippen molar-refractivity contribution in [2.75, 3.05) is 0 Å². The molecule has 0 spiro atoms. The smallest absolute Gasteiger partial charge is 0.251 e. The number of rotatable bonds is 2. The maximum Gasteiger partial charge on any atom is 0.251 e. The van der Waals surface area contributed by atoms with Gasteiger partial charge >= 0.3 is 0 Å². The Balaban J connectivity index is 1.47. The monoisotopic (exact) mass is 566 g/mol. The lowest BCUT2D eigenvalue weighted by Crippen LogP contribution is -2.69. The third kappa shape index (κ3) is 3.76.